The van der Waals surface area contributed by atoms with Crippen molar-refractivity contribution in [3.63, 3.8) is 0 Å². The summed E-state index contributed by atoms with van der Waals surface area (Å²) >= 11 is 0. The van der Waals surface area contributed by atoms with Gasteiger partial charge in [0.2, 0.25) is 0 Å². The SMILES string of the molecule is Cc1cc(F)c(CN)cc1N. The molecule has 0 aliphatic carbocycles. The lowest BCUT2D eigenvalue weighted by Gasteiger charge is -2.03. The minimum absolute atomic E-state index is 0.191. The molecule has 3 heteroatoms. The van der Waals surface area contributed by atoms with E-state index in [4.69, 9.17) is 11.5 Å². The van der Waals surface area contributed by atoms with Crippen LogP contribution in [0.4, 0.5) is 10.1 Å². The summed E-state index contributed by atoms with van der Waals surface area (Å²) in [5.41, 5.74) is 12.6. The highest BCUT2D eigenvalue weighted by atomic mass is 19.1. The average molecular weight is 154 g/mol. The molecule has 0 aliphatic rings. The third kappa shape index (κ3) is 1.49. The van der Waals surface area contributed by atoms with E-state index in [1.165, 1.54) is 6.07 Å². The van der Waals surface area contributed by atoms with Crippen molar-refractivity contribution in [1.82, 2.24) is 0 Å². The molecule has 11 heavy (non-hydrogen) atoms. The zero-order valence-corrected chi connectivity index (χ0v) is 6.39. The molecule has 0 spiro atoms. The second-order valence-corrected chi connectivity index (χ2v) is 2.50. The summed E-state index contributed by atoms with van der Waals surface area (Å²) in [6.45, 7) is 1.95. The Hall–Kier alpha value is -1.09. The van der Waals surface area contributed by atoms with Crippen LogP contribution in [0.2, 0.25) is 0 Å². The van der Waals surface area contributed by atoms with Crippen molar-refractivity contribution in [3.8, 4) is 0 Å². The van der Waals surface area contributed by atoms with Crippen LogP contribution in [-0.4, -0.2) is 0 Å². The third-order valence-electron chi connectivity index (χ3n) is 1.65. The monoisotopic (exact) mass is 154 g/mol. The number of aryl methyl sites for hydroxylation is 1. The van der Waals surface area contributed by atoms with E-state index in [2.05, 4.69) is 0 Å². The molecule has 0 saturated heterocycles. The van der Waals surface area contributed by atoms with Crippen LogP contribution in [0.25, 0.3) is 0 Å². The van der Waals surface area contributed by atoms with Gasteiger partial charge in [0.05, 0.1) is 0 Å². The number of nitrogens with two attached hydrogens (primary N) is 2. The van der Waals surface area contributed by atoms with Crippen LogP contribution >= 0.6 is 0 Å². The maximum Gasteiger partial charge on any atom is 0.128 e. The van der Waals surface area contributed by atoms with Crippen molar-refractivity contribution in [2.45, 2.75) is 13.5 Å². The standard InChI is InChI=1S/C8H11FN2/c1-5-2-7(9)6(4-10)3-8(5)11/h2-3H,4,10-11H2,1H3. The minimum Gasteiger partial charge on any atom is -0.399 e. The van der Waals surface area contributed by atoms with Crippen molar-refractivity contribution in [3.05, 3.63) is 29.1 Å². The lowest BCUT2D eigenvalue weighted by Crippen LogP contribution is -2.02. The topological polar surface area (TPSA) is 52.0 Å². The molecule has 0 amide bonds. The smallest absolute Gasteiger partial charge is 0.128 e. The Bertz CT molecular complexity index is 271. The molecule has 1 aromatic rings. The van der Waals surface area contributed by atoms with Crippen LogP contribution in [0.3, 0.4) is 0 Å². The van der Waals surface area contributed by atoms with Crippen molar-refractivity contribution < 1.29 is 4.39 Å². The lowest BCUT2D eigenvalue weighted by molar-refractivity contribution is 0.610. The van der Waals surface area contributed by atoms with Crippen LogP contribution in [0.1, 0.15) is 11.1 Å². The summed E-state index contributed by atoms with van der Waals surface area (Å²) in [6, 6.07) is 2.97. The Morgan fingerprint density at radius 3 is 2.64 bits per heavy atom. The Kier molecular flexibility index (Phi) is 2.10. The highest BCUT2D eigenvalue weighted by Crippen LogP contribution is 2.16. The van der Waals surface area contributed by atoms with Gasteiger partial charge in [-0.3, -0.25) is 0 Å². The Labute approximate surface area is 65.0 Å². The molecule has 0 bridgehead atoms. The number of hydrogen-bond acceptors (Lipinski definition) is 2. The van der Waals surface area contributed by atoms with E-state index >= 15 is 0 Å². The summed E-state index contributed by atoms with van der Waals surface area (Å²) in [4.78, 5) is 0. The first kappa shape index (κ1) is 8.01. The summed E-state index contributed by atoms with van der Waals surface area (Å²) in [5, 5.41) is 0. The van der Waals surface area contributed by atoms with E-state index in [-0.39, 0.29) is 12.4 Å². The summed E-state index contributed by atoms with van der Waals surface area (Å²) in [5.74, 6) is -0.279. The fraction of sp³-hybridized carbons (Fsp3) is 0.250. The molecule has 0 aromatic heterocycles. The molecule has 4 N–H and O–H groups in total. The number of anilines is 1. The molecule has 0 fully saturated rings. The van der Waals surface area contributed by atoms with E-state index in [0.29, 0.717) is 11.3 Å². The van der Waals surface area contributed by atoms with Crippen LogP contribution in [-0.2, 0) is 6.54 Å². The third-order valence-corrected chi connectivity index (χ3v) is 1.65. The molecule has 0 saturated carbocycles. The zero-order chi connectivity index (χ0) is 8.43. The van der Waals surface area contributed by atoms with Gasteiger partial charge in [-0.05, 0) is 24.6 Å². The van der Waals surface area contributed by atoms with Crippen LogP contribution in [0.15, 0.2) is 12.1 Å². The van der Waals surface area contributed by atoms with Crippen molar-refractivity contribution in [1.29, 1.82) is 0 Å². The first-order chi connectivity index (χ1) is 5.15. The maximum atomic E-state index is 12.9. The van der Waals surface area contributed by atoms with Gasteiger partial charge in [0.1, 0.15) is 5.82 Å². The van der Waals surface area contributed by atoms with E-state index < -0.39 is 0 Å². The molecular weight excluding hydrogens is 143 g/mol. The van der Waals surface area contributed by atoms with Gasteiger partial charge in [-0.1, -0.05) is 0 Å². The van der Waals surface area contributed by atoms with Gasteiger partial charge in [-0.15, -0.1) is 0 Å². The first-order valence-electron chi connectivity index (χ1n) is 3.39. The predicted octanol–water partition coefficient (Wildman–Crippen LogP) is 1.18. The van der Waals surface area contributed by atoms with Gasteiger partial charge in [-0.2, -0.15) is 0 Å². The Balaban J connectivity index is 3.21. The number of hydrogen-bond donors (Lipinski definition) is 2. The Morgan fingerprint density at radius 2 is 2.09 bits per heavy atom. The van der Waals surface area contributed by atoms with Gasteiger partial charge in [0.25, 0.3) is 0 Å². The number of halogens is 1. The van der Waals surface area contributed by atoms with E-state index in [9.17, 15) is 4.39 Å². The summed E-state index contributed by atoms with van der Waals surface area (Å²) < 4.78 is 12.9. The van der Waals surface area contributed by atoms with E-state index in [0.717, 1.165) is 5.56 Å². The summed E-state index contributed by atoms with van der Waals surface area (Å²) in [7, 11) is 0. The molecule has 60 valence electrons. The summed E-state index contributed by atoms with van der Waals surface area (Å²) in [6.07, 6.45) is 0. The maximum absolute atomic E-state index is 12.9. The number of rotatable bonds is 1. The zero-order valence-electron chi connectivity index (χ0n) is 6.39. The minimum atomic E-state index is -0.279. The highest BCUT2D eigenvalue weighted by Gasteiger charge is 2.02. The van der Waals surface area contributed by atoms with E-state index in [1.807, 2.05) is 0 Å². The number of nitrogen functional groups attached to an aromatic ring is 1. The van der Waals surface area contributed by atoms with Gasteiger partial charge in [0, 0.05) is 17.8 Å². The van der Waals surface area contributed by atoms with Gasteiger partial charge < -0.3 is 11.5 Å². The molecule has 1 rings (SSSR count). The largest absolute Gasteiger partial charge is 0.399 e. The Morgan fingerprint density at radius 1 is 1.45 bits per heavy atom. The van der Waals surface area contributed by atoms with Crippen LogP contribution in [0, 0.1) is 12.7 Å². The average Bonchev–Trinajstić information content (AvgIpc) is 1.97. The van der Waals surface area contributed by atoms with E-state index in [1.54, 1.807) is 13.0 Å². The fourth-order valence-corrected chi connectivity index (χ4v) is 0.893. The fourth-order valence-electron chi connectivity index (χ4n) is 0.893. The molecule has 0 aliphatic heterocycles. The lowest BCUT2D eigenvalue weighted by atomic mass is 10.1. The molecule has 0 unspecified atom stereocenters. The van der Waals surface area contributed by atoms with Crippen LogP contribution < -0.4 is 11.5 Å². The quantitative estimate of drug-likeness (QED) is 0.597. The van der Waals surface area contributed by atoms with Crippen molar-refractivity contribution >= 4 is 5.69 Å². The van der Waals surface area contributed by atoms with Gasteiger partial charge in [0.15, 0.2) is 0 Å². The van der Waals surface area contributed by atoms with Gasteiger partial charge >= 0.3 is 0 Å². The second-order valence-electron chi connectivity index (χ2n) is 2.50. The molecule has 2 nitrogen and oxygen atoms in total. The normalized spacial score (nSPS) is 10.1. The van der Waals surface area contributed by atoms with Crippen molar-refractivity contribution in [2.75, 3.05) is 5.73 Å². The first-order valence-corrected chi connectivity index (χ1v) is 3.39. The number of benzene rings is 1. The van der Waals surface area contributed by atoms with Crippen LogP contribution in [0.5, 0.6) is 0 Å². The predicted molar refractivity (Wildman–Crippen MR) is 43.4 cm³/mol. The van der Waals surface area contributed by atoms with Gasteiger partial charge in [-0.25, -0.2) is 4.39 Å². The van der Waals surface area contributed by atoms with Crippen molar-refractivity contribution in [2.24, 2.45) is 5.73 Å². The molecule has 0 radical (unpaired) electrons. The molecular formula is C8H11FN2. The second kappa shape index (κ2) is 2.88. The molecule has 0 heterocycles. The highest BCUT2D eigenvalue weighted by molar-refractivity contribution is 5.48. The molecule has 0 atom stereocenters. The molecule has 1 aromatic carbocycles.